The lowest BCUT2D eigenvalue weighted by Gasteiger charge is -2.23. The maximum atomic E-state index is 5.10. The molecular weight excluding hydrogens is 240 g/mol. The molecule has 0 bridgehead atoms. The lowest BCUT2D eigenvalue weighted by molar-refractivity contribution is -0.884. The van der Waals surface area contributed by atoms with Crippen LogP contribution in [-0.2, 0) is 11.3 Å². The van der Waals surface area contributed by atoms with Gasteiger partial charge in [0.1, 0.15) is 6.54 Å². The molecule has 0 unspecified atom stereocenters. The molecular formula is C15H28N2O2. The van der Waals surface area contributed by atoms with Crippen molar-refractivity contribution in [2.45, 2.75) is 6.54 Å². The smallest absolute Gasteiger partial charge is 0.104 e. The summed E-state index contributed by atoms with van der Waals surface area (Å²) in [6.45, 7) is 5.12. The molecule has 1 aromatic rings. The quantitative estimate of drug-likeness (QED) is 0.766. The second-order valence-electron chi connectivity index (χ2n) is 5.85. The van der Waals surface area contributed by atoms with Gasteiger partial charge in [0, 0.05) is 18.7 Å². The minimum Gasteiger partial charge on any atom is -0.870 e. The monoisotopic (exact) mass is 268 g/mol. The van der Waals surface area contributed by atoms with Gasteiger partial charge < -0.3 is 19.6 Å². The molecule has 4 nitrogen and oxygen atoms in total. The summed E-state index contributed by atoms with van der Waals surface area (Å²) in [5, 5.41) is 0. The van der Waals surface area contributed by atoms with E-state index >= 15 is 0 Å². The molecule has 1 fully saturated rings. The Hall–Kier alpha value is -0.940. The first kappa shape index (κ1) is 18.1. The standard InChI is InChI=1S/C10H16N.C5H11NO.H2O/c1-11(2,3)9-10-7-5-4-6-8-10;1-6-2-4-7-5-3-6;/h4-8H,9H2,1-3H3;2-5H2,1H3;1H2/q+1;;/p-1. The molecule has 1 aromatic carbocycles. The van der Waals surface area contributed by atoms with Crippen LogP contribution in [0.1, 0.15) is 5.56 Å². The van der Waals surface area contributed by atoms with E-state index in [1.165, 1.54) is 5.56 Å². The van der Waals surface area contributed by atoms with Crippen LogP contribution in [0.3, 0.4) is 0 Å². The number of likely N-dealkylation sites (N-methyl/N-ethyl adjacent to an activating group) is 1. The molecule has 1 aliphatic heterocycles. The van der Waals surface area contributed by atoms with E-state index in [1.54, 1.807) is 0 Å². The third-order valence-corrected chi connectivity index (χ3v) is 2.73. The number of hydrogen-bond donors (Lipinski definition) is 0. The predicted octanol–water partition coefficient (Wildman–Crippen LogP) is 1.66. The van der Waals surface area contributed by atoms with Gasteiger partial charge in [-0.2, -0.15) is 0 Å². The first-order valence-corrected chi connectivity index (χ1v) is 6.58. The van der Waals surface area contributed by atoms with Crippen molar-refractivity contribution in [2.24, 2.45) is 0 Å². The summed E-state index contributed by atoms with van der Waals surface area (Å²) in [4.78, 5) is 2.27. The maximum Gasteiger partial charge on any atom is 0.104 e. The van der Waals surface area contributed by atoms with Crippen molar-refractivity contribution < 1.29 is 14.7 Å². The molecule has 2 rings (SSSR count). The number of hydrogen-bond acceptors (Lipinski definition) is 3. The van der Waals surface area contributed by atoms with Crippen LogP contribution in [0.5, 0.6) is 0 Å². The molecule has 0 aromatic heterocycles. The maximum absolute atomic E-state index is 5.10. The fourth-order valence-electron chi connectivity index (χ4n) is 1.79. The Kier molecular flexibility index (Phi) is 8.59. The van der Waals surface area contributed by atoms with E-state index < -0.39 is 0 Å². The molecule has 0 aliphatic carbocycles. The third kappa shape index (κ3) is 9.62. The number of morpholine rings is 1. The van der Waals surface area contributed by atoms with Crippen LogP contribution in [0.4, 0.5) is 0 Å². The van der Waals surface area contributed by atoms with Crippen molar-refractivity contribution >= 4 is 0 Å². The van der Waals surface area contributed by atoms with Crippen molar-refractivity contribution in [3.8, 4) is 0 Å². The van der Waals surface area contributed by atoms with E-state index in [-0.39, 0.29) is 5.48 Å². The van der Waals surface area contributed by atoms with Gasteiger partial charge in [0.2, 0.25) is 0 Å². The van der Waals surface area contributed by atoms with Crippen molar-refractivity contribution in [2.75, 3.05) is 54.5 Å². The first-order valence-electron chi connectivity index (χ1n) is 6.58. The predicted molar refractivity (Wildman–Crippen MR) is 78.4 cm³/mol. The van der Waals surface area contributed by atoms with Gasteiger partial charge in [-0.15, -0.1) is 0 Å². The van der Waals surface area contributed by atoms with Crippen LogP contribution in [0.25, 0.3) is 0 Å². The molecule has 0 amide bonds. The SMILES string of the molecule is CN1CCOCC1.C[N+](C)(C)Cc1ccccc1.[OH-]. The van der Waals surface area contributed by atoms with Gasteiger partial charge in [0.05, 0.1) is 34.4 Å². The van der Waals surface area contributed by atoms with Gasteiger partial charge in [0.15, 0.2) is 0 Å². The minimum absolute atomic E-state index is 0. The van der Waals surface area contributed by atoms with E-state index in [2.05, 4.69) is 63.4 Å². The largest absolute Gasteiger partial charge is 0.870 e. The molecule has 19 heavy (non-hydrogen) atoms. The number of quaternary nitrogens is 1. The topological polar surface area (TPSA) is 42.5 Å². The van der Waals surface area contributed by atoms with Crippen LogP contribution < -0.4 is 0 Å². The van der Waals surface area contributed by atoms with Crippen LogP contribution >= 0.6 is 0 Å². The highest BCUT2D eigenvalue weighted by Crippen LogP contribution is 2.05. The Morgan fingerprint density at radius 1 is 1.05 bits per heavy atom. The van der Waals surface area contributed by atoms with Gasteiger partial charge in [-0.05, 0) is 7.05 Å². The Labute approximate surface area is 117 Å². The third-order valence-electron chi connectivity index (χ3n) is 2.73. The number of ether oxygens (including phenoxy) is 1. The Balaban J connectivity index is 0.000000352. The molecule has 1 N–H and O–H groups in total. The van der Waals surface area contributed by atoms with Crippen molar-refractivity contribution in [1.82, 2.24) is 4.90 Å². The lowest BCUT2D eigenvalue weighted by atomic mass is 10.2. The fourth-order valence-corrected chi connectivity index (χ4v) is 1.79. The van der Waals surface area contributed by atoms with Crippen LogP contribution in [0.2, 0.25) is 0 Å². The number of benzene rings is 1. The summed E-state index contributed by atoms with van der Waals surface area (Å²) in [5.41, 5.74) is 1.40. The van der Waals surface area contributed by atoms with E-state index in [0.717, 1.165) is 37.3 Å². The summed E-state index contributed by atoms with van der Waals surface area (Å²) in [5.74, 6) is 0. The zero-order valence-corrected chi connectivity index (χ0v) is 12.7. The average Bonchev–Trinajstić information content (AvgIpc) is 2.30. The molecule has 4 heteroatoms. The molecule has 0 radical (unpaired) electrons. The molecule has 0 atom stereocenters. The summed E-state index contributed by atoms with van der Waals surface area (Å²) >= 11 is 0. The van der Waals surface area contributed by atoms with Crippen LogP contribution in [-0.4, -0.2) is 69.4 Å². The van der Waals surface area contributed by atoms with Gasteiger partial charge in [-0.1, -0.05) is 30.3 Å². The summed E-state index contributed by atoms with van der Waals surface area (Å²) in [7, 11) is 8.72. The van der Waals surface area contributed by atoms with Gasteiger partial charge in [-0.3, -0.25) is 0 Å². The zero-order valence-electron chi connectivity index (χ0n) is 12.7. The van der Waals surface area contributed by atoms with E-state index in [0.29, 0.717) is 0 Å². The summed E-state index contributed by atoms with van der Waals surface area (Å²) in [6.07, 6.45) is 0. The van der Waals surface area contributed by atoms with Crippen molar-refractivity contribution in [3.05, 3.63) is 35.9 Å². The molecule has 1 aliphatic rings. The van der Waals surface area contributed by atoms with Crippen molar-refractivity contribution in [1.29, 1.82) is 0 Å². The highest BCUT2D eigenvalue weighted by molar-refractivity contribution is 5.13. The Bertz CT molecular complexity index is 317. The van der Waals surface area contributed by atoms with Crippen molar-refractivity contribution in [3.63, 3.8) is 0 Å². The molecule has 110 valence electrons. The highest BCUT2D eigenvalue weighted by atomic mass is 16.5. The Morgan fingerprint density at radius 3 is 1.95 bits per heavy atom. The molecule has 0 saturated carbocycles. The van der Waals surface area contributed by atoms with Gasteiger partial charge in [0.25, 0.3) is 0 Å². The lowest BCUT2D eigenvalue weighted by Crippen LogP contribution is -2.33. The molecule has 1 saturated heterocycles. The second-order valence-corrected chi connectivity index (χ2v) is 5.85. The first-order chi connectivity index (χ1) is 8.47. The number of rotatable bonds is 2. The second kappa shape index (κ2) is 9.04. The fraction of sp³-hybridized carbons (Fsp3) is 0.600. The van der Waals surface area contributed by atoms with E-state index in [9.17, 15) is 0 Å². The average molecular weight is 268 g/mol. The van der Waals surface area contributed by atoms with Crippen LogP contribution in [0.15, 0.2) is 30.3 Å². The van der Waals surface area contributed by atoms with E-state index in [4.69, 9.17) is 4.74 Å². The van der Waals surface area contributed by atoms with Crippen LogP contribution in [0, 0.1) is 0 Å². The Morgan fingerprint density at radius 2 is 1.58 bits per heavy atom. The highest BCUT2D eigenvalue weighted by Gasteiger charge is 2.06. The molecule has 0 spiro atoms. The molecule has 1 heterocycles. The van der Waals surface area contributed by atoms with E-state index in [1.807, 2.05) is 0 Å². The minimum atomic E-state index is 0. The summed E-state index contributed by atoms with van der Waals surface area (Å²) in [6, 6.07) is 10.6. The van der Waals surface area contributed by atoms with Gasteiger partial charge in [-0.25, -0.2) is 0 Å². The normalized spacial score (nSPS) is 16.0. The number of nitrogens with zero attached hydrogens (tertiary/aromatic N) is 2. The van der Waals surface area contributed by atoms with Gasteiger partial charge >= 0.3 is 0 Å². The summed E-state index contributed by atoms with van der Waals surface area (Å²) < 4.78 is 6.09. The zero-order chi connectivity index (χ0) is 13.4.